The molecule has 0 radical (unpaired) electrons. The SMILES string of the molecule is COc1ccc(COCCNC(=NCC(=O)N(C)C)NCC2CCOC2)cc1.I. The number of carbonyl (C=O) groups is 1. The van der Waals surface area contributed by atoms with Gasteiger partial charge >= 0.3 is 0 Å². The predicted octanol–water partition coefficient (Wildman–Crippen LogP) is 1.49. The van der Waals surface area contributed by atoms with Gasteiger partial charge in [-0.3, -0.25) is 4.79 Å². The number of aliphatic imine (C=N–C) groups is 1. The highest BCUT2D eigenvalue weighted by molar-refractivity contribution is 14.0. The number of guanidine groups is 1. The molecule has 0 aliphatic carbocycles. The molecule has 2 rings (SSSR count). The molecular weight excluding hydrogens is 487 g/mol. The van der Waals surface area contributed by atoms with Crippen LogP contribution in [-0.2, 0) is 20.9 Å². The smallest absolute Gasteiger partial charge is 0.243 e. The Bertz CT molecular complexity index is 619. The topological polar surface area (TPSA) is 84.4 Å². The van der Waals surface area contributed by atoms with Crippen LogP contribution in [0.1, 0.15) is 12.0 Å². The van der Waals surface area contributed by atoms with Crippen molar-refractivity contribution < 1.29 is 19.0 Å². The summed E-state index contributed by atoms with van der Waals surface area (Å²) in [5.74, 6) is 1.89. The van der Waals surface area contributed by atoms with Gasteiger partial charge in [0.05, 0.1) is 26.9 Å². The molecule has 1 heterocycles. The summed E-state index contributed by atoms with van der Waals surface area (Å²) < 4.78 is 16.3. The Morgan fingerprint density at radius 3 is 2.66 bits per heavy atom. The van der Waals surface area contributed by atoms with Crippen molar-refractivity contribution in [3.63, 3.8) is 0 Å². The minimum absolute atomic E-state index is 0. The molecule has 1 saturated heterocycles. The summed E-state index contributed by atoms with van der Waals surface area (Å²) in [4.78, 5) is 17.7. The first-order valence-corrected chi connectivity index (χ1v) is 9.59. The van der Waals surface area contributed by atoms with Crippen molar-refractivity contribution in [2.45, 2.75) is 13.0 Å². The van der Waals surface area contributed by atoms with Gasteiger partial charge in [-0.15, -0.1) is 24.0 Å². The first kappa shape index (κ1) is 25.4. The fraction of sp³-hybridized carbons (Fsp3) is 0.600. The Labute approximate surface area is 190 Å². The maximum absolute atomic E-state index is 11.8. The Morgan fingerprint density at radius 1 is 1.28 bits per heavy atom. The van der Waals surface area contributed by atoms with E-state index in [0.29, 0.717) is 31.6 Å². The lowest BCUT2D eigenvalue weighted by molar-refractivity contribution is -0.127. The van der Waals surface area contributed by atoms with Gasteiger partial charge in [0.1, 0.15) is 12.3 Å². The molecule has 0 saturated carbocycles. The summed E-state index contributed by atoms with van der Waals surface area (Å²) in [5.41, 5.74) is 1.09. The van der Waals surface area contributed by atoms with E-state index in [-0.39, 0.29) is 36.4 Å². The number of nitrogens with one attached hydrogen (secondary N) is 2. The summed E-state index contributed by atoms with van der Waals surface area (Å²) in [5, 5.41) is 6.52. The molecule has 0 aromatic heterocycles. The second-order valence-corrected chi connectivity index (χ2v) is 6.89. The number of methoxy groups -OCH3 is 1. The molecule has 1 aliphatic heterocycles. The monoisotopic (exact) mass is 520 g/mol. The molecule has 1 fully saturated rings. The van der Waals surface area contributed by atoms with E-state index >= 15 is 0 Å². The molecule has 164 valence electrons. The number of rotatable bonds is 10. The number of nitrogens with zero attached hydrogens (tertiary/aromatic N) is 2. The third kappa shape index (κ3) is 10.1. The number of hydrogen-bond acceptors (Lipinski definition) is 5. The second kappa shape index (κ2) is 14.4. The summed E-state index contributed by atoms with van der Waals surface area (Å²) in [6.07, 6.45) is 1.04. The average Bonchev–Trinajstić information content (AvgIpc) is 3.23. The van der Waals surface area contributed by atoms with Crippen molar-refractivity contribution in [2.75, 3.05) is 60.7 Å². The molecule has 9 heteroatoms. The molecule has 0 spiro atoms. The summed E-state index contributed by atoms with van der Waals surface area (Å²) in [6, 6.07) is 7.80. The molecule has 1 amide bonds. The molecule has 1 aromatic rings. The lowest BCUT2D eigenvalue weighted by Crippen LogP contribution is -2.42. The third-order valence-electron chi connectivity index (χ3n) is 4.42. The fourth-order valence-electron chi connectivity index (χ4n) is 2.60. The standard InChI is InChI=1S/C20H32N4O4.HI/c1-24(2)19(25)13-23-20(22-12-17-8-10-27-15-17)21-9-11-28-14-16-4-6-18(26-3)7-5-16;/h4-7,17H,8-15H2,1-3H3,(H2,21,22,23);1H. The average molecular weight is 520 g/mol. The number of benzene rings is 1. The second-order valence-electron chi connectivity index (χ2n) is 6.89. The molecule has 1 unspecified atom stereocenters. The molecule has 0 bridgehead atoms. The van der Waals surface area contributed by atoms with Gasteiger partial charge in [0, 0.05) is 39.7 Å². The van der Waals surface area contributed by atoms with Crippen LogP contribution >= 0.6 is 24.0 Å². The molecular formula is C20H33IN4O4. The fourth-order valence-corrected chi connectivity index (χ4v) is 2.60. The first-order valence-electron chi connectivity index (χ1n) is 9.59. The van der Waals surface area contributed by atoms with Gasteiger partial charge in [0.15, 0.2) is 5.96 Å². The van der Waals surface area contributed by atoms with Gasteiger partial charge in [0.2, 0.25) is 5.91 Å². The van der Waals surface area contributed by atoms with Crippen LogP contribution in [0, 0.1) is 5.92 Å². The first-order chi connectivity index (χ1) is 13.6. The van der Waals surface area contributed by atoms with Crippen LogP contribution in [0.4, 0.5) is 0 Å². The molecule has 8 nitrogen and oxygen atoms in total. The number of halogens is 1. The van der Waals surface area contributed by atoms with Crippen LogP contribution < -0.4 is 15.4 Å². The van der Waals surface area contributed by atoms with Crippen LogP contribution in [0.15, 0.2) is 29.3 Å². The van der Waals surface area contributed by atoms with Crippen LogP contribution in [-0.4, -0.2) is 77.4 Å². The van der Waals surface area contributed by atoms with Crippen LogP contribution in [0.2, 0.25) is 0 Å². The molecule has 1 aliphatic rings. The highest BCUT2D eigenvalue weighted by Crippen LogP contribution is 2.12. The molecule has 2 N–H and O–H groups in total. The minimum Gasteiger partial charge on any atom is -0.497 e. The van der Waals surface area contributed by atoms with Gasteiger partial charge in [-0.25, -0.2) is 4.99 Å². The van der Waals surface area contributed by atoms with Crippen LogP contribution in [0.3, 0.4) is 0 Å². The van der Waals surface area contributed by atoms with E-state index < -0.39 is 0 Å². The summed E-state index contributed by atoms with van der Waals surface area (Å²) in [6.45, 7) is 4.11. The van der Waals surface area contributed by atoms with E-state index in [1.807, 2.05) is 24.3 Å². The quantitative estimate of drug-likeness (QED) is 0.211. The van der Waals surface area contributed by atoms with Crippen LogP contribution in [0.5, 0.6) is 5.75 Å². The van der Waals surface area contributed by atoms with E-state index in [2.05, 4.69) is 15.6 Å². The lowest BCUT2D eigenvalue weighted by atomic mass is 10.1. The zero-order chi connectivity index (χ0) is 20.2. The van der Waals surface area contributed by atoms with Crippen LogP contribution in [0.25, 0.3) is 0 Å². The van der Waals surface area contributed by atoms with Gasteiger partial charge in [-0.05, 0) is 24.1 Å². The van der Waals surface area contributed by atoms with Crippen molar-refractivity contribution >= 4 is 35.8 Å². The Balaban J connectivity index is 0.00000420. The maximum Gasteiger partial charge on any atom is 0.243 e. The van der Waals surface area contributed by atoms with E-state index in [0.717, 1.165) is 37.5 Å². The highest BCUT2D eigenvalue weighted by atomic mass is 127. The third-order valence-corrected chi connectivity index (χ3v) is 4.42. The van der Waals surface area contributed by atoms with Gasteiger partial charge < -0.3 is 29.7 Å². The summed E-state index contributed by atoms with van der Waals surface area (Å²) >= 11 is 0. The van der Waals surface area contributed by atoms with E-state index in [4.69, 9.17) is 14.2 Å². The van der Waals surface area contributed by atoms with E-state index in [9.17, 15) is 4.79 Å². The normalized spacial score (nSPS) is 16.1. The zero-order valence-corrected chi connectivity index (χ0v) is 19.8. The van der Waals surface area contributed by atoms with Gasteiger partial charge in [-0.1, -0.05) is 12.1 Å². The van der Waals surface area contributed by atoms with Crippen molar-refractivity contribution in [3.05, 3.63) is 29.8 Å². The van der Waals surface area contributed by atoms with Crippen molar-refractivity contribution in [2.24, 2.45) is 10.9 Å². The van der Waals surface area contributed by atoms with E-state index in [1.165, 1.54) is 4.90 Å². The Hall–Kier alpha value is -1.59. The minimum atomic E-state index is -0.0407. The largest absolute Gasteiger partial charge is 0.497 e. The number of hydrogen-bond donors (Lipinski definition) is 2. The Morgan fingerprint density at radius 2 is 2.03 bits per heavy atom. The maximum atomic E-state index is 11.8. The number of ether oxygens (including phenoxy) is 3. The van der Waals surface area contributed by atoms with Gasteiger partial charge in [-0.2, -0.15) is 0 Å². The van der Waals surface area contributed by atoms with Gasteiger partial charge in [0.25, 0.3) is 0 Å². The molecule has 1 atom stereocenters. The Kier molecular flexibility index (Phi) is 12.6. The molecule has 1 aromatic carbocycles. The number of carbonyl (C=O) groups excluding carboxylic acids is 1. The van der Waals surface area contributed by atoms with Crippen molar-refractivity contribution in [1.82, 2.24) is 15.5 Å². The van der Waals surface area contributed by atoms with Crippen molar-refractivity contribution in [1.29, 1.82) is 0 Å². The number of likely N-dealkylation sites (N-methyl/N-ethyl adjacent to an activating group) is 1. The highest BCUT2D eigenvalue weighted by Gasteiger charge is 2.16. The molecule has 29 heavy (non-hydrogen) atoms. The summed E-state index contributed by atoms with van der Waals surface area (Å²) in [7, 11) is 5.10. The van der Waals surface area contributed by atoms with Crippen molar-refractivity contribution in [3.8, 4) is 5.75 Å². The lowest BCUT2D eigenvalue weighted by Gasteiger charge is -2.16. The number of amides is 1. The zero-order valence-electron chi connectivity index (χ0n) is 17.5. The van der Waals surface area contributed by atoms with E-state index in [1.54, 1.807) is 21.2 Å². The predicted molar refractivity (Wildman–Crippen MR) is 124 cm³/mol.